The maximum atomic E-state index is 12.4. The summed E-state index contributed by atoms with van der Waals surface area (Å²) < 4.78 is 2.26. The predicted molar refractivity (Wildman–Crippen MR) is 149 cm³/mol. The van der Waals surface area contributed by atoms with Crippen molar-refractivity contribution in [1.82, 2.24) is 14.9 Å². The molecule has 4 aromatic rings. The van der Waals surface area contributed by atoms with Gasteiger partial charge in [0.05, 0.1) is 16.3 Å². The monoisotopic (exact) mass is 534 g/mol. The minimum atomic E-state index is -0.594. The largest absolute Gasteiger partial charge is 0.352 e. The molecule has 0 aliphatic heterocycles. The molecule has 3 aromatic carbocycles. The van der Waals surface area contributed by atoms with E-state index in [0.717, 1.165) is 52.8 Å². The Morgan fingerprint density at radius 3 is 2.35 bits per heavy atom. The number of nitro groups is 1. The number of hydrogen-bond donors (Lipinski definition) is 1. The molecule has 0 saturated carbocycles. The number of carbonyl (C=O) groups excluding carboxylic acids is 1. The Labute approximate surface area is 225 Å². The van der Waals surface area contributed by atoms with Crippen LogP contribution in [-0.2, 0) is 6.54 Å². The first kappa shape index (κ1) is 26.4. The molecule has 1 N–H and O–H groups in total. The smallest absolute Gasteiger partial charge is 0.288 e. The molecule has 0 saturated heterocycles. The van der Waals surface area contributed by atoms with Crippen LogP contribution in [0.5, 0.6) is 0 Å². The lowest BCUT2D eigenvalue weighted by molar-refractivity contribution is -0.384. The Balaban J connectivity index is 1.38. The molecule has 0 bridgehead atoms. The van der Waals surface area contributed by atoms with Crippen molar-refractivity contribution in [2.75, 3.05) is 12.3 Å². The average Bonchev–Trinajstić information content (AvgIpc) is 3.30. The number of halogens is 1. The predicted octanol–water partition coefficient (Wildman–Crippen LogP) is 7.10. The Morgan fingerprint density at radius 1 is 1.03 bits per heavy atom. The fourth-order valence-corrected chi connectivity index (χ4v) is 5.26. The summed E-state index contributed by atoms with van der Waals surface area (Å²) in [5.74, 6) is 0.496. The molecule has 9 heteroatoms. The van der Waals surface area contributed by atoms with Crippen LogP contribution >= 0.6 is 23.4 Å². The Hall–Kier alpha value is -3.62. The van der Waals surface area contributed by atoms with Gasteiger partial charge in [0.2, 0.25) is 0 Å². The highest BCUT2D eigenvalue weighted by Crippen LogP contribution is 2.36. The van der Waals surface area contributed by atoms with Crippen molar-refractivity contribution in [1.29, 1.82) is 0 Å². The lowest BCUT2D eigenvalue weighted by Crippen LogP contribution is -2.24. The SMILES string of the molecule is CCn1c(SCCCCNC(=O)c2ccc(Cl)c([N+](=O)[O-])c2)nc(-c2ccccc2)c1-c1ccccc1. The van der Waals surface area contributed by atoms with Gasteiger partial charge in [0, 0.05) is 41.6 Å². The van der Waals surface area contributed by atoms with Crippen molar-refractivity contribution < 1.29 is 9.72 Å². The normalized spacial score (nSPS) is 10.9. The van der Waals surface area contributed by atoms with Gasteiger partial charge in [0.1, 0.15) is 5.02 Å². The van der Waals surface area contributed by atoms with Gasteiger partial charge in [-0.25, -0.2) is 4.98 Å². The maximum Gasteiger partial charge on any atom is 0.288 e. The third-order valence-corrected chi connectivity index (χ3v) is 7.22. The van der Waals surface area contributed by atoms with E-state index >= 15 is 0 Å². The second-order valence-corrected chi connectivity index (χ2v) is 9.77. The van der Waals surface area contributed by atoms with Gasteiger partial charge in [-0.15, -0.1) is 0 Å². The van der Waals surface area contributed by atoms with Crippen LogP contribution in [-0.4, -0.2) is 32.7 Å². The summed E-state index contributed by atoms with van der Waals surface area (Å²) in [7, 11) is 0. The number of hydrogen-bond acceptors (Lipinski definition) is 5. The Kier molecular flexibility index (Phi) is 8.98. The van der Waals surface area contributed by atoms with Crippen LogP contribution in [0, 0.1) is 10.1 Å². The molecule has 190 valence electrons. The number of unbranched alkanes of at least 4 members (excludes halogenated alkanes) is 1. The van der Waals surface area contributed by atoms with Crippen LogP contribution in [0.1, 0.15) is 30.1 Å². The van der Waals surface area contributed by atoms with Crippen LogP contribution < -0.4 is 5.32 Å². The molecule has 0 radical (unpaired) electrons. The molecular formula is C28H27ClN4O3S. The maximum absolute atomic E-state index is 12.4. The number of aromatic nitrogens is 2. The number of rotatable bonds is 11. The van der Waals surface area contributed by atoms with Gasteiger partial charge >= 0.3 is 0 Å². The minimum Gasteiger partial charge on any atom is -0.352 e. The van der Waals surface area contributed by atoms with E-state index in [-0.39, 0.29) is 22.2 Å². The standard InChI is InChI=1S/C28H27ClN4O3S/c1-2-32-26(21-13-7-4-8-14-21)25(20-11-5-3-6-12-20)31-28(32)37-18-10-9-17-30-27(34)22-15-16-23(29)24(19-22)33(35)36/h3-8,11-16,19H,2,9-10,17-18H2,1H3,(H,30,34). The fourth-order valence-electron chi connectivity index (χ4n) is 4.01. The summed E-state index contributed by atoms with van der Waals surface area (Å²) >= 11 is 7.54. The van der Waals surface area contributed by atoms with Gasteiger partial charge in [-0.2, -0.15) is 0 Å². The molecule has 4 rings (SSSR count). The van der Waals surface area contributed by atoms with E-state index in [1.54, 1.807) is 11.8 Å². The quantitative estimate of drug-likeness (QED) is 0.0958. The third-order valence-electron chi connectivity index (χ3n) is 5.84. The van der Waals surface area contributed by atoms with Gasteiger partial charge < -0.3 is 9.88 Å². The first-order valence-corrected chi connectivity index (χ1v) is 13.4. The first-order valence-electron chi connectivity index (χ1n) is 12.1. The molecule has 0 fully saturated rings. The number of imidazole rings is 1. The number of nitrogens with one attached hydrogen (secondary N) is 1. The van der Waals surface area contributed by atoms with Crippen molar-refractivity contribution in [3.8, 4) is 22.5 Å². The molecular weight excluding hydrogens is 508 g/mol. The highest BCUT2D eigenvalue weighted by Gasteiger charge is 2.19. The summed E-state index contributed by atoms with van der Waals surface area (Å²) in [5.41, 5.74) is 4.24. The van der Waals surface area contributed by atoms with Crippen LogP contribution in [0.15, 0.2) is 84.0 Å². The van der Waals surface area contributed by atoms with Crippen LogP contribution in [0.25, 0.3) is 22.5 Å². The third kappa shape index (κ3) is 6.39. The second kappa shape index (κ2) is 12.6. The highest BCUT2D eigenvalue weighted by molar-refractivity contribution is 7.99. The van der Waals surface area contributed by atoms with Gasteiger partial charge in [-0.1, -0.05) is 84.0 Å². The first-order chi connectivity index (χ1) is 18.0. The van der Waals surface area contributed by atoms with E-state index in [9.17, 15) is 14.9 Å². The van der Waals surface area contributed by atoms with Gasteiger partial charge in [0.15, 0.2) is 5.16 Å². The number of carbonyl (C=O) groups is 1. The number of nitrogens with zero attached hydrogens (tertiary/aromatic N) is 3. The van der Waals surface area contributed by atoms with Crippen LogP contribution in [0.3, 0.4) is 0 Å². The van der Waals surface area contributed by atoms with Gasteiger partial charge in [-0.05, 0) is 31.9 Å². The average molecular weight is 535 g/mol. The van der Waals surface area contributed by atoms with Crippen LogP contribution in [0.2, 0.25) is 5.02 Å². The minimum absolute atomic E-state index is 0.00913. The summed E-state index contributed by atoms with van der Waals surface area (Å²) in [6, 6.07) is 24.6. The van der Waals surface area contributed by atoms with Crippen molar-refractivity contribution in [2.45, 2.75) is 31.5 Å². The number of benzene rings is 3. The molecule has 1 aromatic heterocycles. The van der Waals surface area contributed by atoms with E-state index in [0.29, 0.717) is 6.54 Å². The van der Waals surface area contributed by atoms with E-state index in [2.05, 4.69) is 41.1 Å². The number of amides is 1. The topological polar surface area (TPSA) is 90.1 Å². The number of thioether (sulfide) groups is 1. The summed E-state index contributed by atoms with van der Waals surface area (Å²) in [5, 5.41) is 14.9. The van der Waals surface area contributed by atoms with Crippen LogP contribution in [0.4, 0.5) is 5.69 Å². The van der Waals surface area contributed by atoms with Gasteiger partial charge in [0.25, 0.3) is 11.6 Å². The molecule has 0 aliphatic rings. The molecule has 7 nitrogen and oxygen atoms in total. The van der Waals surface area contributed by atoms with E-state index in [1.807, 2.05) is 36.4 Å². The van der Waals surface area contributed by atoms with Crippen molar-refractivity contribution in [3.63, 3.8) is 0 Å². The Morgan fingerprint density at radius 2 is 1.70 bits per heavy atom. The molecule has 0 aliphatic carbocycles. The molecule has 1 amide bonds. The second-order valence-electron chi connectivity index (χ2n) is 8.30. The zero-order chi connectivity index (χ0) is 26.2. The fraction of sp³-hybridized carbons (Fsp3) is 0.214. The summed E-state index contributed by atoms with van der Waals surface area (Å²) in [4.78, 5) is 27.9. The lowest BCUT2D eigenvalue weighted by Gasteiger charge is -2.11. The molecule has 1 heterocycles. The molecule has 0 spiro atoms. The van der Waals surface area contributed by atoms with E-state index < -0.39 is 4.92 Å². The summed E-state index contributed by atoms with van der Waals surface area (Å²) in [6.45, 7) is 3.40. The van der Waals surface area contributed by atoms with Crippen molar-refractivity contribution >= 4 is 35.0 Å². The van der Waals surface area contributed by atoms with Gasteiger partial charge in [-0.3, -0.25) is 14.9 Å². The molecule has 0 unspecified atom stereocenters. The lowest BCUT2D eigenvalue weighted by atomic mass is 10.0. The van der Waals surface area contributed by atoms with E-state index in [1.165, 1.54) is 18.2 Å². The summed E-state index contributed by atoms with van der Waals surface area (Å²) in [6.07, 6.45) is 1.65. The van der Waals surface area contributed by atoms with E-state index in [4.69, 9.17) is 16.6 Å². The number of nitro benzene ring substituents is 1. The van der Waals surface area contributed by atoms with Crippen molar-refractivity contribution in [3.05, 3.63) is 99.6 Å². The molecule has 0 atom stereocenters. The molecule has 37 heavy (non-hydrogen) atoms. The zero-order valence-electron chi connectivity index (χ0n) is 20.4. The zero-order valence-corrected chi connectivity index (χ0v) is 22.0. The highest BCUT2D eigenvalue weighted by atomic mass is 35.5. The Bertz CT molecular complexity index is 1380. The van der Waals surface area contributed by atoms with Crippen molar-refractivity contribution in [2.24, 2.45) is 0 Å².